The Hall–Kier alpha value is -1.56. The van der Waals surface area contributed by atoms with Crippen LogP contribution in [0.15, 0.2) is 12.2 Å². The molecule has 33 heavy (non-hydrogen) atoms. The number of carbonyl (C=O) groups is 2. The van der Waals surface area contributed by atoms with E-state index < -0.39 is 11.6 Å². The zero-order chi connectivity index (χ0) is 24.8. The van der Waals surface area contributed by atoms with Gasteiger partial charge in [-0.1, -0.05) is 6.58 Å². The van der Waals surface area contributed by atoms with E-state index in [2.05, 4.69) is 6.58 Å². The van der Waals surface area contributed by atoms with Gasteiger partial charge in [-0.3, -0.25) is 4.79 Å². The molecule has 0 fully saturated rings. The summed E-state index contributed by atoms with van der Waals surface area (Å²) in [5.41, 5.74) is -0.104. The number of ether oxygens (including phenoxy) is 8. The fourth-order valence-corrected chi connectivity index (χ4v) is 2.07. The van der Waals surface area contributed by atoms with Crippen LogP contribution in [0.25, 0.3) is 0 Å². The van der Waals surface area contributed by atoms with Gasteiger partial charge < -0.3 is 37.9 Å². The zero-order valence-electron chi connectivity index (χ0n) is 20.7. The predicted molar refractivity (Wildman–Crippen MR) is 121 cm³/mol. The van der Waals surface area contributed by atoms with Gasteiger partial charge in [0, 0.05) is 5.57 Å². The molecule has 0 spiro atoms. The smallest absolute Gasteiger partial charge is 0.333 e. The second-order valence-electron chi connectivity index (χ2n) is 7.93. The minimum Gasteiger partial charge on any atom is -0.460 e. The average Bonchev–Trinajstić information content (AvgIpc) is 2.73. The van der Waals surface area contributed by atoms with Crippen molar-refractivity contribution in [1.29, 1.82) is 0 Å². The number of esters is 2. The molecule has 0 radical (unpaired) electrons. The van der Waals surface area contributed by atoms with Crippen LogP contribution < -0.4 is 0 Å². The van der Waals surface area contributed by atoms with Crippen molar-refractivity contribution in [3.05, 3.63) is 12.2 Å². The van der Waals surface area contributed by atoms with Crippen molar-refractivity contribution in [2.75, 3.05) is 85.9 Å². The van der Waals surface area contributed by atoms with Gasteiger partial charge in [-0.25, -0.2) is 4.79 Å². The molecule has 0 saturated heterocycles. The van der Waals surface area contributed by atoms with Gasteiger partial charge in [0.05, 0.1) is 85.7 Å². The van der Waals surface area contributed by atoms with Crippen molar-refractivity contribution >= 4 is 11.9 Å². The third-order valence-electron chi connectivity index (χ3n) is 3.54. The molecule has 10 heteroatoms. The van der Waals surface area contributed by atoms with E-state index in [0.717, 1.165) is 0 Å². The molecule has 10 nitrogen and oxygen atoms in total. The third kappa shape index (κ3) is 24.9. The van der Waals surface area contributed by atoms with Crippen LogP contribution in [0, 0.1) is 0 Å². The van der Waals surface area contributed by atoms with E-state index in [-0.39, 0.29) is 19.0 Å². The second-order valence-corrected chi connectivity index (χ2v) is 7.93. The second kappa shape index (κ2) is 21.0. The van der Waals surface area contributed by atoms with E-state index in [1.807, 2.05) is 20.8 Å². The number of carbonyl (C=O) groups excluding carboxylic acids is 2. The van der Waals surface area contributed by atoms with E-state index in [4.69, 9.17) is 37.9 Å². The molecule has 0 aliphatic heterocycles. The van der Waals surface area contributed by atoms with Gasteiger partial charge >= 0.3 is 11.9 Å². The van der Waals surface area contributed by atoms with Crippen molar-refractivity contribution in [3.63, 3.8) is 0 Å². The monoisotopic (exact) mass is 478 g/mol. The van der Waals surface area contributed by atoms with Gasteiger partial charge in [0.2, 0.25) is 0 Å². The SMILES string of the molecule is C=C(C)C(=O)OCCOCCOCCOCCOCCOCCOCCC(=O)OC(C)(C)C. The number of rotatable bonds is 22. The maximum absolute atomic E-state index is 11.5. The minimum absolute atomic E-state index is 0.198. The van der Waals surface area contributed by atoms with Gasteiger partial charge in [-0.15, -0.1) is 0 Å². The van der Waals surface area contributed by atoms with E-state index in [1.165, 1.54) is 0 Å². The predicted octanol–water partition coefficient (Wildman–Crippen LogP) is 1.94. The van der Waals surface area contributed by atoms with Crippen LogP contribution in [0.4, 0.5) is 0 Å². The van der Waals surface area contributed by atoms with Crippen LogP contribution in [0.1, 0.15) is 34.1 Å². The van der Waals surface area contributed by atoms with Crippen molar-refractivity contribution in [2.24, 2.45) is 0 Å². The standard InChI is InChI=1S/C23H42O10/c1-20(2)22(25)32-19-18-31-17-16-30-15-14-29-13-12-28-11-10-27-9-8-26-7-6-21(24)33-23(3,4)5/h1,6-19H2,2-5H3. The summed E-state index contributed by atoms with van der Waals surface area (Å²) >= 11 is 0. The van der Waals surface area contributed by atoms with Gasteiger partial charge in [0.25, 0.3) is 0 Å². The van der Waals surface area contributed by atoms with Crippen molar-refractivity contribution in [3.8, 4) is 0 Å². The molecule has 0 aromatic rings. The Kier molecular flexibility index (Phi) is 20.0. The molecule has 0 atom stereocenters. The largest absolute Gasteiger partial charge is 0.460 e. The average molecular weight is 479 g/mol. The summed E-state index contributed by atoms with van der Waals surface area (Å²) in [6.45, 7) is 15.9. The number of hydrogen-bond acceptors (Lipinski definition) is 10. The van der Waals surface area contributed by atoms with Crippen LogP contribution in [-0.2, 0) is 47.5 Å². The lowest BCUT2D eigenvalue weighted by Crippen LogP contribution is -2.24. The molecular formula is C23H42O10. The fourth-order valence-electron chi connectivity index (χ4n) is 2.07. The lowest BCUT2D eigenvalue weighted by Gasteiger charge is -2.19. The van der Waals surface area contributed by atoms with E-state index in [9.17, 15) is 9.59 Å². The molecular weight excluding hydrogens is 436 g/mol. The summed E-state index contributed by atoms with van der Waals surface area (Å²) in [5.74, 6) is -0.683. The minimum atomic E-state index is -0.472. The molecule has 0 amide bonds. The normalized spacial score (nSPS) is 11.4. The maximum Gasteiger partial charge on any atom is 0.333 e. The summed E-state index contributed by atoms with van der Waals surface area (Å²) < 4.78 is 42.2. The highest BCUT2D eigenvalue weighted by atomic mass is 16.6. The topological polar surface area (TPSA) is 108 Å². The first-order valence-corrected chi connectivity index (χ1v) is 11.2. The molecule has 0 aliphatic carbocycles. The molecule has 0 aromatic carbocycles. The van der Waals surface area contributed by atoms with Gasteiger partial charge in [-0.2, -0.15) is 0 Å². The van der Waals surface area contributed by atoms with E-state index in [1.54, 1.807) is 6.92 Å². The highest BCUT2D eigenvalue weighted by Crippen LogP contribution is 2.08. The lowest BCUT2D eigenvalue weighted by atomic mass is 10.2. The summed E-state index contributed by atoms with van der Waals surface area (Å²) in [5, 5.41) is 0. The Morgan fingerprint density at radius 1 is 0.606 bits per heavy atom. The third-order valence-corrected chi connectivity index (χ3v) is 3.54. The van der Waals surface area contributed by atoms with Gasteiger partial charge in [0.15, 0.2) is 0 Å². The Bertz CT molecular complexity index is 516. The highest BCUT2D eigenvalue weighted by molar-refractivity contribution is 5.86. The van der Waals surface area contributed by atoms with Crippen LogP contribution >= 0.6 is 0 Å². The Morgan fingerprint density at radius 3 is 1.27 bits per heavy atom. The molecule has 0 aromatic heterocycles. The van der Waals surface area contributed by atoms with Crippen LogP contribution in [0.5, 0.6) is 0 Å². The van der Waals surface area contributed by atoms with Crippen LogP contribution in [-0.4, -0.2) is 103 Å². The molecule has 0 aliphatic rings. The molecule has 0 rings (SSSR count). The molecule has 0 N–H and O–H groups in total. The maximum atomic E-state index is 11.5. The molecule has 0 saturated carbocycles. The van der Waals surface area contributed by atoms with E-state index >= 15 is 0 Å². The Balaban J connectivity index is 3.17. The summed E-state index contributed by atoms with van der Waals surface area (Å²) in [7, 11) is 0. The number of hydrogen-bond donors (Lipinski definition) is 0. The fraction of sp³-hybridized carbons (Fsp3) is 0.826. The Morgan fingerprint density at radius 2 is 0.939 bits per heavy atom. The van der Waals surface area contributed by atoms with Gasteiger partial charge in [0.1, 0.15) is 12.2 Å². The first-order chi connectivity index (χ1) is 15.7. The molecule has 194 valence electrons. The van der Waals surface area contributed by atoms with E-state index in [0.29, 0.717) is 84.9 Å². The molecule has 0 bridgehead atoms. The van der Waals surface area contributed by atoms with Crippen LogP contribution in [0.3, 0.4) is 0 Å². The highest BCUT2D eigenvalue weighted by Gasteiger charge is 2.15. The molecule has 0 unspecified atom stereocenters. The quantitative estimate of drug-likeness (QED) is 0.130. The first-order valence-electron chi connectivity index (χ1n) is 11.2. The first kappa shape index (κ1) is 31.4. The lowest BCUT2D eigenvalue weighted by molar-refractivity contribution is -0.156. The Labute approximate surface area is 197 Å². The molecule has 0 heterocycles. The van der Waals surface area contributed by atoms with Crippen molar-refractivity contribution < 1.29 is 47.5 Å². The van der Waals surface area contributed by atoms with Gasteiger partial charge in [-0.05, 0) is 27.7 Å². The summed E-state index contributed by atoms with van der Waals surface area (Å²) in [6, 6.07) is 0. The van der Waals surface area contributed by atoms with Crippen molar-refractivity contribution in [2.45, 2.75) is 39.7 Å². The van der Waals surface area contributed by atoms with Crippen LogP contribution in [0.2, 0.25) is 0 Å². The summed E-state index contributed by atoms with van der Waals surface area (Å²) in [4.78, 5) is 22.6. The summed E-state index contributed by atoms with van der Waals surface area (Å²) in [6.07, 6.45) is 0.230. The van der Waals surface area contributed by atoms with Crippen molar-refractivity contribution in [1.82, 2.24) is 0 Å². The zero-order valence-corrected chi connectivity index (χ0v) is 20.7.